The van der Waals surface area contributed by atoms with Crippen LogP contribution in [0.25, 0.3) is 0 Å². The Hall–Kier alpha value is -2.71. The summed E-state index contributed by atoms with van der Waals surface area (Å²) in [6.45, 7) is 4.75. The highest BCUT2D eigenvalue weighted by Crippen LogP contribution is 2.18. The topological polar surface area (TPSA) is 82.6 Å². The number of carbonyl (C=O) groups is 1. The summed E-state index contributed by atoms with van der Waals surface area (Å²) in [6.07, 6.45) is 3.07. The number of morpholine rings is 1. The molecular weight excluding hydrogens is 344 g/mol. The van der Waals surface area contributed by atoms with Crippen molar-refractivity contribution in [2.75, 3.05) is 63.7 Å². The summed E-state index contributed by atoms with van der Waals surface area (Å²) in [6, 6.07) is 7.95. The molecule has 1 saturated heterocycles. The number of amides is 1. The molecule has 0 unspecified atom stereocenters. The lowest BCUT2D eigenvalue weighted by Gasteiger charge is -2.26. The molecule has 3 rings (SSSR count). The largest absolute Gasteiger partial charge is 0.379 e. The molecule has 0 atom stereocenters. The molecule has 1 aliphatic heterocycles. The molecule has 1 aromatic carbocycles. The molecule has 0 spiro atoms. The van der Waals surface area contributed by atoms with E-state index in [-0.39, 0.29) is 5.91 Å². The third kappa shape index (κ3) is 5.63. The molecule has 144 valence electrons. The van der Waals surface area contributed by atoms with Crippen LogP contribution in [0.2, 0.25) is 0 Å². The minimum Gasteiger partial charge on any atom is -0.379 e. The molecule has 1 fully saturated rings. The normalized spacial score (nSPS) is 14.6. The zero-order valence-electron chi connectivity index (χ0n) is 15.8. The second kappa shape index (κ2) is 9.29. The van der Waals surface area contributed by atoms with Gasteiger partial charge in [-0.15, -0.1) is 0 Å². The van der Waals surface area contributed by atoms with Gasteiger partial charge in [0.15, 0.2) is 0 Å². The number of hydrogen-bond donors (Lipinski definition) is 2. The Morgan fingerprint density at radius 3 is 2.44 bits per heavy atom. The molecule has 2 aromatic rings. The van der Waals surface area contributed by atoms with Crippen molar-refractivity contribution in [3.8, 4) is 0 Å². The van der Waals surface area contributed by atoms with Crippen LogP contribution in [0.1, 0.15) is 10.4 Å². The van der Waals surface area contributed by atoms with Crippen LogP contribution < -0.4 is 15.5 Å². The lowest BCUT2D eigenvalue weighted by Crippen LogP contribution is -2.41. The first-order valence-corrected chi connectivity index (χ1v) is 9.06. The molecule has 0 aliphatic carbocycles. The van der Waals surface area contributed by atoms with Crippen LogP contribution in [-0.2, 0) is 4.74 Å². The van der Waals surface area contributed by atoms with Gasteiger partial charge in [-0.3, -0.25) is 9.69 Å². The molecule has 1 amide bonds. The van der Waals surface area contributed by atoms with Crippen LogP contribution in [0.15, 0.2) is 36.7 Å². The van der Waals surface area contributed by atoms with Gasteiger partial charge in [0.25, 0.3) is 5.91 Å². The molecule has 0 bridgehead atoms. The van der Waals surface area contributed by atoms with Crippen LogP contribution in [0.5, 0.6) is 0 Å². The lowest BCUT2D eigenvalue weighted by molar-refractivity contribution is 0.0383. The van der Waals surface area contributed by atoms with Crippen molar-refractivity contribution in [1.29, 1.82) is 0 Å². The van der Waals surface area contributed by atoms with Crippen molar-refractivity contribution in [3.63, 3.8) is 0 Å². The first-order valence-electron chi connectivity index (χ1n) is 9.06. The minimum absolute atomic E-state index is 0.162. The quantitative estimate of drug-likeness (QED) is 0.761. The zero-order chi connectivity index (χ0) is 19.1. The van der Waals surface area contributed by atoms with E-state index < -0.39 is 0 Å². The van der Waals surface area contributed by atoms with E-state index in [1.807, 2.05) is 43.3 Å². The minimum atomic E-state index is -0.162. The Morgan fingerprint density at radius 2 is 1.81 bits per heavy atom. The third-order valence-electron chi connectivity index (χ3n) is 4.37. The van der Waals surface area contributed by atoms with E-state index in [0.29, 0.717) is 18.1 Å². The number of carbonyl (C=O) groups excluding carboxylic acids is 1. The molecule has 27 heavy (non-hydrogen) atoms. The van der Waals surface area contributed by atoms with Gasteiger partial charge in [0.1, 0.15) is 0 Å². The molecule has 8 nitrogen and oxygen atoms in total. The van der Waals surface area contributed by atoms with E-state index in [1.54, 1.807) is 0 Å². The Labute approximate surface area is 159 Å². The van der Waals surface area contributed by atoms with Crippen molar-refractivity contribution in [3.05, 3.63) is 42.2 Å². The third-order valence-corrected chi connectivity index (χ3v) is 4.37. The maximum absolute atomic E-state index is 12.2. The van der Waals surface area contributed by atoms with Crippen molar-refractivity contribution < 1.29 is 9.53 Å². The van der Waals surface area contributed by atoms with Gasteiger partial charge in [0, 0.05) is 64.0 Å². The summed E-state index contributed by atoms with van der Waals surface area (Å²) in [5.41, 5.74) is 2.46. The molecule has 2 N–H and O–H groups in total. The van der Waals surface area contributed by atoms with Gasteiger partial charge >= 0.3 is 0 Å². The van der Waals surface area contributed by atoms with Crippen LogP contribution in [-0.4, -0.2) is 74.3 Å². The predicted molar refractivity (Wildman–Crippen MR) is 106 cm³/mol. The Kier molecular flexibility index (Phi) is 6.56. The Balaban J connectivity index is 1.48. The second-order valence-electron chi connectivity index (χ2n) is 6.57. The number of aromatic nitrogens is 2. The number of benzene rings is 1. The fraction of sp³-hybridized carbons (Fsp3) is 0.421. The van der Waals surface area contributed by atoms with Gasteiger partial charge in [0.05, 0.1) is 18.8 Å². The molecule has 0 radical (unpaired) electrons. The Morgan fingerprint density at radius 1 is 1.15 bits per heavy atom. The van der Waals surface area contributed by atoms with E-state index in [9.17, 15) is 4.79 Å². The monoisotopic (exact) mass is 370 g/mol. The molecule has 1 aromatic heterocycles. The highest BCUT2D eigenvalue weighted by Gasteiger charge is 2.11. The maximum atomic E-state index is 12.2. The molecule has 0 saturated carbocycles. The number of hydrogen-bond acceptors (Lipinski definition) is 7. The van der Waals surface area contributed by atoms with E-state index >= 15 is 0 Å². The van der Waals surface area contributed by atoms with Crippen molar-refractivity contribution in [1.82, 2.24) is 20.2 Å². The summed E-state index contributed by atoms with van der Waals surface area (Å²) >= 11 is 0. The number of anilines is 3. The summed E-state index contributed by atoms with van der Waals surface area (Å²) in [7, 11) is 3.99. The first-order chi connectivity index (χ1) is 13.1. The van der Waals surface area contributed by atoms with E-state index in [0.717, 1.165) is 44.2 Å². The smallest absolute Gasteiger partial charge is 0.254 e. The Bertz CT molecular complexity index is 727. The number of ether oxygens (including phenoxy) is 1. The summed E-state index contributed by atoms with van der Waals surface area (Å²) in [5, 5.41) is 6.04. The number of rotatable bonds is 7. The highest BCUT2D eigenvalue weighted by atomic mass is 16.5. The van der Waals surface area contributed by atoms with E-state index in [4.69, 9.17) is 4.74 Å². The van der Waals surface area contributed by atoms with Crippen LogP contribution in [0.4, 0.5) is 17.3 Å². The van der Waals surface area contributed by atoms with Crippen molar-refractivity contribution >= 4 is 23.2 Å². The summed E-state index contributed by atoms with van der Waals surface area (Å²) in [5.74, 6) is 0.294. The van der Waals surface area contributed by atoms with Gasteiger partial charge in [-0.1, -0.05) is 0 Å². The average Bonchev–Trinajstić information content (AvgIpc) is 2.70. The SMILES string of the molecule is CN(C)c1ccc(Nc2ncc(C(=O)NCCN3CCOCC3)cn2)cc1. The summed E-state index contributed by atoms with van der Waals surface area (Å²) in [4.78, 5) is 25.0. The van der Waals surface area contributed by atoms with Crippen molar-refractivity contribution in [2.24, 2.45) is 0 Å². The standard InChI is InChI=1S/C19H26N6O2/c1-24(2)17-5-3-16(4-6-17)23-19-21-13-15(14-22-19)18(26)20-7-8-25-9-11-27-12-10-25/h3-6,13-14H,7-12H2,1-2H3,(H,20,26)(H,21,22,23). The molecular formula is C19H26N6O2. The van der Waals surface area contributed by atoms with Crippen LogP contribution in [0.3, 0.4) is 0 Å². The van der Waals surface area contributed by atoms with Gasteiger partial charge in [-0.25, -0.2) is 9.97 Å². The van der Waals surface area contributed by atoms with Gasteiger partial charge < -0.3 is 20.3 Å². The predicted octanol–water partition coefficient (Wildman–Crippen LogP) is 1.35. The molecule has 8 heteroatoms. The summed E-state index contributed by atoms with van der Waals surface area (Å²) < 4.78 is 5.31. The van der Waals surface area contributed by atoms with E-state index in [1.165, 1.54) is 12.4 Å². The second-order valence-corrected chi connectivity index (χ2v) is 6.57. The number of nitrogens with zero attached hydrogens (tertiary/aromatic N) is 4. The lowest BCUT2D eigenvalue weighted by atomic mass is 10.2. The molecule has 2 heterocycles. The van der Waals surface area contributed by atoms with Crippen molar-refractivity contribution in [2.45, 2.75) is 0 Å². The zero-order valence-corrected chi connectivity index (χ0v) is 15.8. The molecule has 1 aliphatic rings. The van der Waals surface area contributed by atoms with Gasteiger partial charge in [0.2, 0.25) is 5.95 Å². The van der Waals surface area contributed by atoms with Crippen LogP contribution in [0, 0.1) is 0 Å². The maximum Gasteiger partial charge on any atom is 0.254 e. The average molecular weight is 370 g/mol. The van der Waals surface area contributed by atoms with Gasteiger partial charge in [-0.05, 0) is 24.3 Å². The van der Waals surface area contributed by atoms with E-state index in [2.05, 4.69) is 25.5 Å². The number of nitrogens with one attached hydrogen (secondary N) is 2. The first kappa shape index (κ1) is 19.1. The van der Waals surface area contributed by atoms with Crippen LogP contribution >= 0.6 is 0 Å². The fourth-order valence-electron chi connectivity index (χ4n) is 2.74. The highest BCUT2D eigenvalue weighted by molar-refractivity contribution is 5.93. The van der Waals surface area contributed by atoms with Gasteiger partial charge in [-0.2, -0.15) is 0 Å². The fourth-order valence-corrected chi connectivity index (χ4v) is 2.74.